The first-order valence-electron chi connectivity index (χ1n) is 9.06. The van der Waals surface area contributed by atoms with Crippen LogP contribution in [0.3, 0.4) is 0 Å². The molecule has 0 aromatic heterocycles. The summed E-state index contributed by atoms with van der Waals surface area (Å²) >= 11 is 0. The van der Waals surface area contributed by atoms with Gasteiger partial charge < -0.3 is 20.1 Å². The molecule has 0 spiro atoms. The highest BCUT2D eigenvalue weighted by molar-refractivity contribution is 5.89. The highest BCUT2D eigenvalue weighted by Crippen LogP contribution is 2.30. The summed E-state index contributed by atoms with van der Waals surface area (Å²) in [7, 11) is 0. The van der Waals surface area contributed by atoms with Crippen LogP contribution in [0.25, 0.3) is 0 Å². The number of benzene rings is 2. The van der Waals surface area contributed by atoms with Crippen molar-refractivity contribution in [3.63, 3.8) is 0 Å². The van der Waals surface area contributed by atoms with Crippen LogP contribution in [0, 0.1) is 17.2 Å². The van der Waals surface area contributed by atoms with Crippen LogP contribution in [0.4, 0.5) is 10.5 Å². The molecule has 1 saturated heterocycles. The van der Waals surface area contributed by atoms with E-state index in [1.54, 1.807) is 29.2 Å². The zero-order valence-corrected chi connectivity index (χ0v) is 15.0. The maximum atomic E-state index is 12.4. The zero-order chi connectivity index (χ0) is 19.1. The zero-order valence-electron chi connectivity index (χ0n) is 15.0. The summed E-state index contributed by atoms with van der Waals surface area (Å²) in [6.45, 7) is 1.23. The molecule has 2 aromatic carbocycles. The van der Waals surface area contributed by atoms with E-state index in [0.29, 0.717) is 24.5 Å². The number of nitriles is 1. The number of carbonyl (C=O) groups excluding carboxylic acids is 1. The molecule has 140 valence electrons. The van der Waals surface area contributed by atoms with Gasteiger partial charge in [-0.05, 0) is 48.6 Å². The molecule has 2 aromatic rings. The minimum atomic E-state index is -0.489. The van der Waals surface area contributed by atoms with Crippen LogP contribution in [0.15, 0.2) is 54.6 Å². The number of aliphatic hydroxyl groups is 1. The molecule has 1 unspecified atom stereocenters. The SMILES string of the molecule is N#CCOc1ccc(NC(=O)N2CCC(C(O)c3ccccc3)CC2)cc1. The molecule has 0 aliphatic carbocycles. The fourth-order valence-corrected chi connectivity index (χ4v) is 3.29. The first-order chi connectivity index (χ1) is 13.2. The van der Waals surface area contributed by atoms with E-state index in [-0.39, 0.29) is 18.6 Å². The number of hydrogen-bond donors (Lipinski definition) is 2. The molecule has 6 heteroatoms. The number of anilines is 1. The van der Waals surface area contributed by atoms with Gasteiger partial charge in [-0.2, -0.15) is 5.26 Å². The number of aliphatic hydroxyl groups excluding tert-OH is 1. The molecule has 3 rings (SSSR count). The van der Waals surface area contributed by atoms with Crippen molar-refractivity contribution in [2.45, 2.75) is 18.9 Å². The topological polar surface area (TPSA) is 85.6 Å². The maximum absolute atomic E-state index is 12.4. The molecule has 6 nitrogen and oxygen atoms in total. The van der Waals surface area contributed by atoms with Gasteiger partial charge in [-0.1, -0.05) is 30.3 Å². The molecule has 2 N–H and O–H groups in total. The van der Waals surface area contributed by atoms with Crippen molar-refractivity contribution in [3.05, 3.63) is 60.2 Å². The van der Waals surface area contributed by atoms with E-state index in [1.807, 2.05) is 36.4 Å². The Bertz CT molecular complexity index is 779. The average molecular weight is 365 g/mol. The van der Waals surface area contributed by atoms with Crippen molar-refractivity contribution in [2.24, 2.45) is 5.92 Å². The van der Waals surface area contributed by atoms with E-state index in [9.17, 15) is 9.90 Å². The monoisotopic (exact) mass is 365 g/mol. The number of rotatable bonds is 5. The second-order valence-electron chi connectivity index (χ2n) is 6.58. The van der Waals surface area contributed by atoms with E-state index in [4.69, 9.17) is 10.00 Å². The van der Waals surface area contributed by atoms with Gasteiger partial charge in [0.05, 0.1) is 6.10 Å². The Morgan fingerprint density at radius 1 is 1.19 bits per heavy atom. The number of nitrogens with one attached hydrogen (secondary N) is 1. The van der Waals surface area contributed by atoms with Crippen LogP contribution in [-0.4, -0.2) is 35.7 Å². The summed E-state index contributed by atoms with van der Waals surface area (Å²) in [6.07, 6.45) is 1.05. The number of piperidine rings is 1. The number of hydrogen-bond acceptors (Lipinski definition) is 4. The summed E-state index contributed by atoms with van der Waals surface area (Å²) in [5.41, 5.74) is 1.61. The fourth-order valence-electron chi connectivity index (χ4n) is 3.29. The lowest BCUT2D eigenvalue weighted by atomic mass is 9.87. The second kappa shape index (κ2) is 9.06. The molecule has 1 atom stereocenters. The Kier molecular flexibility index (Phi) is 6.29. The van der Waals surface area contributed by atoms with Crippen molar-refractivity contribution < 1.29 is 14.6 Å². The Hall–Kier alpha value is -3.04. The summed E-state index contributed by atoms with van der Waals surface area (Å²) in [5, 5.41) is 21.9. The lowest BCUT2D eigenvalue weighted by Gasteiger charge is -2.34. The minimum absolute atomic E-state index is 0.00448. The lowest BCUT2D eigenvalue weighted by Crippen LogP contribution is -2.42. The molecule has 1 aliphatic rings. The van der Waals surface area contributed by atoms with Gasteiger partial charge in [0.1, 0.15) is 11.8 Å². The van der Waals surface area contributed by atoms with Crippen LogP contribution in [0.1, 0.15) is 24.5 Å². The average Bonchev–Trinajstić information content (AvgIpc) is 2.73. The van der Waals surface area contributed by atoms with E-state index < -0.39 is 6.10 Å². The lowest BCUT2D eigenvalue weighted by molar-refractivity contribution is 0.0683. The molecule has 0 saturated carbocycles. The van der Waals surface area contributed by atoms with Gasteiger partial charge in [0, 0.05) is 18.8 Å². The third kappa shape index (κ3) is 4.99. The number of nitrogens with zero attached hydrogens (tertiary/aromatic N) is 2. The van der Waals surface area contributed by atoms with E-state index in [0.717, 1.165) is 18.4 Å². The van der Waals surface area contributed by atoms with Crippen LogP contribution in [0.5, 0.6) is 5.75 Å². The van der Waals surface area contributed by atoms with Crippen molar-refractivity contribution >= 4 is 11.7 Å². The third-order valence-electron chi connectivity index (χ3n) is 4.82. The smallest absolute Gasteiger partial charge is 0.321 e. The number of amides is 2. The van der Waals surface area contributed by atoms with Crippen molar-refractivity contribution in [1.82, 2.24) is 4.90 Å². The highest BCUT2D eigenvalue weighted by Gasteiger charge is 2.28. The van der Waals surface area contributed by atoms with E-state index in [1.165, 1.54) is 0 Å². The summed E-state index contributed by atoms with van der Waals surface area (Å²) in [5.74, 6) is 0.748. The Labute approximate surface area is 159 Å². The number of likely N-dealkylation sites (tertiary alicyclic amines) is 1. The van der Waals surface area contributed by atoms with E-state index in [2.05, 4.69) is 5.32 Å². The molecule has 1 heterocycles. The predicted octanol–water partition coefficient (Wildman–Crippen LogP) is 3.57. The Morgan fingerprint density at radius 3 is 2.48 bits per heavy atom. The van der Waals surface area contributed by atoms with Crippen molar-refractivity contribution in [3.8, 4) is 11.8 Å². The van der Waals surface area contributed by atoms with Gasteiger partial charge in [-0.25, -0.2) is 4.79 Å². The van der Waals surface area contributed by atoms with Crippen molar-refractivity contribution in [2.75, 3.05) is 25.0 Å². The molecule has 1 fully saturated rings. The van der Waals surface area contributed by atoms with Crippen LogP contribution >= 0.6 is 0 Å². The first kappa shape index (κ1) is 18.7. The Morgan fingerprint density at radius 2 is 1.85 bits per heavy atom. The molecule has 2 amide bonds. The van der Waals surface area contributed by atoms with Gasteiger partial charge >= 0.3 is 6.03 Å². The molecule has 0 bridgehead atoms. The summed E-state index contributed by atoms with van der Waals surface area (Å²) in [4.78, 5) is 14.2. The van der Waals surface area contributed by atoms with Gasteiger partial charge in [0.25, 0.3) is 0 Å². The normalized spacial score (nSPS) is 15.6. The van der Waals surface area contributed by atoms with Gasteiger partial charge in [-0.3, -0.25) is 0 Å². The molecule has 1 aliphatic heterocycles. The second-order valence-corrected chi connectivity index (χ2v) is 6.58. The van der Waals surface area contributed by atoms with Crippen LogP contribution < -0.4 is 10.1 Å². The standard InChI is InChI=1S/C21H23N3O3/c22-12-15-27-19-8-6-18(7-9-19)23-21(26)24-13-10-17(11-14-24)20(25)16-4-2-1-3-5-16/h1-9,17,20,25H,10-11,13-15H2,(H,23,26). The van der Waals surface area contributed by atoms with Gasteiger partial charge in [0.2, 0.25) is 0 Å². The molecule has 27 heavy (non-hydrogen) atoms. The molecular formula is C21H23N3O3. The predicted molar refractivity (Wildman–Crippen MR) is 102 cm³/mol. The van der Waals surface area contributed by atoms with Crippen LogP contribution in [-0.2, 0) is 0 Å². The fraction of sp³-hybridized carbons (Fsp3) is 0.333. The number of urea groups is 1. The summed E-state index contributed by atoms with van der Waals surface area (Å²) in [6, 6.07) is 18.4. The highest BCUT2D eigenvalue weighted by atomic mass is 16.5. The third-order valence-corrected chi connectivity index (χ3v) is 4.82. The van der Waals surface area contributed by atoms with Gasteiger partial charge in [-0.15, -0.1) is 0 Å². The van der Waals surface area contributed by atoms with Crippen LogP contribution in [0.2, 0.25) is 0 Å². The molecular weight excluding hydrogens is 342 g/mol. The molecule has 0 radical (unpaired) electrons. The maximum Gasteiger partial charge on any atom is 0.321 e. The van der Waals surface area contributed by atoms with E-state index >= 15 is 0 Å². The number of carbonyl (C=O) groups is 1. The van der Waals surface area contributed by atoms with Crippen molar-refractivity contribution in [1.29, 1.82) is 5.26 Å². The van der Waals surface area contributed by atoms with Gasteiger partial charge in [0.15, 0.2) is 6.61 Å². The quantitative estimate of drug-likeness (QED) is 0.848. The Balaban J connectivity index is 1.49. The largest absolute Gasteiger partial charge is 0.479 e. The number of ether oxygens (including phenoxy) is 1. The first-order valence-corrected chi connectivity index (χ1v) is 9.06. The minimum Gasteiger partial charge on any atom is -0.479 e. The summed E-state index contributed by atoms with van der Waals surface area (Å²) < 4.78 is 5.19.